The minimum absolute atomic E-state index is 0.0828. The monoisotopic (exact) mass is 327 g/mol. The van der Waals surface area contributed by atoms with Gasteiger partial charge in [0.1, 0.15) is 0 Å². The first-order valence-corrected chi connectivity index (χ1v) is 8.52. The van der Waals surface area contributed by atoms with E-state index in [-0.39, 0.29) is 27.3 Å². The Labute approximate surface area is 133 Å². The summed E-state index contributed by atoms with van der Waals surface area (Å²) in [7, 11) is -3.76. The quantitative estimate of drug-likeness (QED) is 0.927. The Balaban J connectivity index is 2.06. The van der Waals surface area contributed by atoms with Gasteiger partial charge in [-0.1, -0.05) is 42.5 Å². The molecule has 0 unspecified atom stereocenters. The van der Waals surface area contributed by atoms with E-state index in [4.69, 9.17) is 5.73 Å². The lowest BCUT2D eigenvalue weighted by Crippen LogP contribution is -2.30. The Morgan fingerprint density at radius 3 is 1.91 bits per heavy atom. The van der Waals surface area contributed by atoms with Gasteiger partial charge in [-0.05, 0) is 12.1 Å². The zero-order chi connectivity index (χ0) is 16.6. The highest BCUT2D eigenvalue weighted by Gasteiger charge is 2.33. The maximum absolute atomic E-state index is 12.5. The lowest BCUT2D eigenvalue weighted by Gasteiger charge is -2.18. The van der Waals surface area contributed by atoms with Crippen molar-refractivity contribution >= 4 is 21.4 Å². The summed E-state index contributed by atoms with van der Waals surface area (Å²) in [4.78, 5) is 24.9. The summed E-state index contributed by atoms with van der Waals surface area (Å²) in [5.74, 6) is -1.63. The molecule has 0 heterocycles. The largest absolute Gasteiger partial charge is 0.395 e. The van der Waals surface area contributed by atoms with E-state index in [2.05, 4.69) is 0 Å². The van der Waals surface area contributed by atoms with Crippen LogP contribution in [0.3, 0.4) is 0 Å². The van der Waals surface area contributed by atoms with Crippen molar-refractivity contribution in [3.05, 3.63) is 77.0 Å². The fourth-order valence-electron chi connectivity index (χ4n) is 2.49. The van der Waals surface area contributed by atoms with E-state index < -0.39 is 27.2 Å². The molecule has 0 radical (unpaired) electrons. The zero-order valence-corrected chi connectivity index (χ0v) is 12.8. The van der Waals surface area contributed by atoms with Gasteiger partial charge in [-0.2, -0.15) is 0 Å². The summed E-state index contributed by atoms with van der Waals surface area (Å²) < 4.78 is 24.9. The van der Waals surface area contributed by atoms with E-state index in [1.165, 1.54) is 24.3 Å². The topological polar surface area (TPSA) is 94.3 Å². The van der Waals surface area contributed by atoms with Crippen LogP contribution in [0.25, 0.3) is 0 Å². The number of carbonyl (C=O) groups excluding carboxylic acids is 2. The van der Waals surface area contributed by atoms with Gasteiger partial charge in [0, 0.05) is 16.7 Å². The third kappa shape index (κ3) is 2.57. The van der Waals surface area contributed by atoms with Gasteiger partial charge in [-0.15, -0.1) is 0 Å². The molecule has 0 fully saturated rings. The normalized spacial score (nSPS) is 14.8. The Hall–Kier alpha value is -2.73. The molecule has 0 aromatic heterocycles. The van der Waals surface area contributed by atoms with Crippen molar-refractivity contribution in [3.63, 3.8) is 0 Å². The molecular formula is C17H13NO4S. The fourth-order valence-corrected chi connectivity index (χ4v) is 3.90. The molecule has 116 valence electrons. The first-order valence-electron chi connectivity index (χ1n) is 6.86. The standard InChI is InChI=1S/C17H13NO4S/c18-15-14(10-23(21,22)11-6-2-1-3-7-11)16(19)12-8-4-5-9-13(12)17(15)20/h1-9H,10,18H2. The minimum atomic E-state index is -3.76. The number of hydrogen-bond donors (Lipinski definition) is 1. The lowest BCUT2D eigenvalue weighted by molar-refractivity contribution is 0.0974. The van der Waals surface area contributed by atoms with Crippen molar-refractivity contribution in [2.75, 3.05) is 5.75 Å². The van der Waals surface area contributed by atoms with Crippen LogP contribution < -0.4 is 5.73 Å². The van der Waals surface area contributed by atoms with Crippen molar-refractivity contribution in [1.82, 2.24) is 0 Å². The molecule has 2 aromatic rings. The Morgan fingerprint density at radius 1 is 0.783 bits per heavy atom. The number of nitrogens with two attached hydrogens (primary N) is 1. The lowest BCUT2D eigenvalue weighted by atomic mass is 9.88. The first-order chi connectivity index (χ1) is 10.9. The Morgan fingerprint density at radius 2 is 1.30 bits per heavy atom. The third-order valence-corrected chi connectivity index (χ3v) is 5.36. The van der Waals surface area contributed by atoms with Crippen LogP contribution in [0.5, 0.6) is 0 Å². The summed E-state index contributed by atoms with van der Waals surface area (Å²) in [6.07, 6.45) is 0. The predicted molar refractivity (Wildman–Crippen MR) is 84.8 cm³/mol. The second-order valence-corrected chi connectivity index (χ2v) is 7.16. The summed E-state index contributed by atoms with van der Waals surface area (Å²) in [6.45, 7) is 0. The number of hydrogen-bond acceptors (Lipinski definition) is 5. The van der Waals surface area contributed by atoms with Gasteiger partial charge in [0.05, 0.1) is 16.3 Å². The predicted octanol–water partition coefficient (Wildman–Crippen LogP) is 1.75. The molecular weight excluding hydrogens is 314 g/mol. The Kier molecular flexibility index (Phi) is 3.61. The van der Waals surface area contributed by atoms with E-state index in [1.807, 2.05) is 0 Å². The highest BCUT2D eigenvalue weighted by atomic mass is 32.2. The highest BCUT2D eigenvalue weighted by Crippen LogP contribution is 2.26. The number of fused-ring (bicyclic) bond motifs is 1. The van der Waals surface area contributed by atoms with Crippen LogP contribution in [0.4, 0.5) is 0 Å². The molecule has 0 saturated carbocycles. The van der Waals surface area contributed by atoms with Crippen molar-refractivity contribution in [2.24, 2.45) is 5.73 Å². The van der Waals surface area contributed by atoms with Crippen molar-refractivity contribution in [3.8, 4) is 0 Å². The smallest absolute Gasteiger partial charge is 0.209 e. The summed E-state index contributed by atoms with van der Waals surface area (Å²) in [5, 5.41) is 0. The summed E-state index contributed by atoms with van der Waals surface area (Å²) >= 11 is 0. The van der Waals surface area contributed by atoms with Gasteiger partial charge >= 0.3 is 0 Å². The molecule has 3 rings (SSSR count). The molecule has 0 atom stereocenters. The van der Waals surface area contributed by atoms with Crippen LogP contribution in [0.15, 0.2) is 70.8 Å². The summed E-state index contributed by atoms with van der Waals surface area (Å²) in [6, 6.07) is 14.0. The van der Waals surface area contributed by atoms with Gasteiger partial charge in [0.15, 0.2) is 15.6 Å². The molecule has 0 amide bonds. The van der Waals surface area contributed by atoms with Crippen LogP contribution >= 0.6 is 0 Å². The van der Waals surface area contributed by atoms with Crippen molar-refractivity contribution in [1.29, 1.82) is 0 Å². The van der Waals surface area contributed by atoms with Gasteiger partial charge in [-0.3, -0.25) is 9.59 Å². The van der Waals surface area contributed by atoms with Crippen molar-refractivity contribution < 1.29 is 18.0 Å². The van der Waals surface area contributed by atoms with E-state index in [0.717, 1.165) is 0 Å². The van der Waals surface area contributed by atoms with E-state index in [0.29, 0.717) is 0 Å². The van der Waals surface area contributed by atoms with Crippen LogP contribution in [-0.4, -0.2) is 25.7 Å². The molecule has 0 spiro atoms. The molecule has 5 nitrogen and oxygen atoms in total. The number of rotatable bonds is 3. The second kappa shape index (κ2) is 5.48. The average Bonchev–Trinajstić information content (AvgIpc) is 2.57. The van der Waals surface area contributed by atoms with Gasteiger partial charge in [0.25, 0.3) is 0 Å². The SMILES string of the molecule is NC1=C(CS(=O)(=O)c2ccccc2)C(=O)c2ccccc2C1=O. The summed E-state index contributed by atoms with van der Waals surface area (Å²) in [5.41, 5.74) is 5.68. The molecule has 0 bridgehead atoms. The van der Waals surface area contributed by atoms with Gasteiger partial charge in [-0.25, -0.2) is 8.42 Å². The van der Waals surface area contributed by atoms with Crippen LogP contribution in [0, 0.1) is 0 Å². The van der Waals surface area contributed by atoms with Crippen LogP contribution in [0.1, 0.15) is 20.7 Å². The van der Waals surface area contributed by atoms with Crippen LogP contribution in [0.2, 0.25) is 0 Å². The van der Waals surface area contributed by atoms with E-state index >= 15 is 0 Å². The van der Waals surface area contributed by atoms with Crippen molar-refractivity contribution in [2.45, 2.75) is 4.90 Å². The average molecular weight is 327 g/mol. The Bertz CT molecular complexity index is 944. The number of benzene rings is 2. The number of ketones is 2. The third-order valence-electron chi connectivity index (χ3n) is 3.70. The molecule has 0 aliphatic heterocycles. The van der Waals surface area contributed by atoms with Crippen LogP contribution in [-0.2, 0) is 9.84 Å². The highest BCUT2D eigenvalue weighted by molar-refractivity contribution is 7.91. The molecule has 1 aliphatic carbocycles. The number of Topliss-reactive ketones (excluding diaryl/α,β-unsaturated/α-hetero) is 2. The maximum atomic E-state index is 12.5. The molecule has 23 heavy (non-hydrogen) atoms. The number of sulfone groups is 1. The maximum Gasteiger partial charge on any atom is 0.209 e. The molecule has 2 aromatic carbocycles. The second-order valence-electron chi connectivity index (χ2n) is 5.17. The van der Waals surface area contributed by atoms with E-state index in [1.54, 1.807) is 30.3 Å². The van der Waals surface area contributed by atoms with Gasteiger partial charge < -0.3 is 5.73 Å². The molecule has 2 N–H and O–H groups in total. The van der Waals surface area contributed by atoms with Gasteiger partial charge in [0.2, 0.25) is 5.78 Å². The number of allylic oxidation sites excluding steroid dienone is 1. The molecule has 6 heteroatoms. The number of carbonyl (C=O) groups is 2. The minimum Gasteiger partial charge on any atom is -0.395 e. The van der Waals surface area contributed by atoms with E-state index in [9.17, 15) is 18.0 Å². The zero-order valence-electron chi connectivity index (χ0n) is 12.0. The fraction of sp³-hybridized carbons (Fsp3) is 0.0588. The molecule has 1 aliphatic rings. The molecule has 0 saturated heterocycles. The first kappa shape index (κ1) is 15.2.